The summed E-state index contributed by atoms with van der Waals surface area (Å²) in [5.74, 6) is 1.56. The molecule has 1 unspecified atom stereocenters. The second-order valence-electron chi connectivity index (χ2n) is 4.83. The van der Waals surface area contributed by atoms with Gasteiger partial charge < -0.3 is 9.47 Å². The van der Waals surface area contributed by atoms with Crippen molar-refractivity contribution in [1.29, 1.82) is 0 Å². The van der Waals surface area contributed by atoms with Crippen molar-refractivity contribution < 1.29 is 9.47 Å². The number of fused-ring (bicyclic) bond motifs is 1. The Morgan fingerprint density at radius 1 is 1.10 bits per heavy atom. The summed E-state index contributed by atoms with van der Waals surface area (Å²) in [6.07, 6.45) is 0. The lowest BCUT2D eigenvalue weighted by Crippen LogP contribution is -2.15. The van der Waals surface area contributed by atoms with Crippen molar-refractivity contribution >= 4 is 43.5 Å². The van der Waals surface area contributed by atoms with Crippen LogP contribution in [-0.4, -0.2) is 13.2 Å². The minimum atomic E-state index is 0.0291. The van der Waals surface area contributed by atoms with E-state index in [1.54, 1.807) is 0 Å². The number of benzene rings is 2. The lowest BCUT2D eigenvalue weighted by Gasteiger charge is -2.22. The zero-order valence-corrected chi connectivity index (χ0v) is 15.3. The van der Waals surface area contributed by atoms with Gasteiger partial charge in [0.15, 0.2) is 11.5 Å². The van der Waals surface area contributed by atoms with E-state index in [4.69, 9.17) is 21.1 Å². The second-order valence-corrected chi connectivity index (χ2v) is 7.01. The van der Waals surface area contributed by atoms with Crippen molar-refractivity contribution in [2.75, 3.05) is 13.2 Å². The van der Waals surface area contributed by atoms with Gasteiger partial charge in [0.1, 0.15) is 13.2 Å². The van der Waals surface area contributed by atoms with E-state index in [1.807, 2.05) is 31.2 Å². The fourth-order valence-corrected chi connectivity index (χ4v) is 4.26. The Kier molecular flexibility index (Phi) is 4.48. The Bertz CT molecular complexity index is 688. The molecule has 2 aromatic rings. The van der Waals surface area contributed by atoms with E-state index in [0.717, 1.165) is 37.7 Å². The lowest BCUT2D eigenvalue weighted by molar-refractivity contribution is 0.171. The summed E-state index contributed by atoms with van der Waals surface area (Å²) < 4.78 is 12.2. The first-order chi connectivity index (χ1) is 10.1. The first kappa shape index (κ1) is 15.2. The van der Waals surface area contributed by atoms with Crippen LogP contribution in [0.4, 0.5) is 0 Å². The van der Waals surface area contributed by atoms with Gasteiger partial charge in [0.25, 0.3) is 0 Å². The molecule has 3 rings (SSSR count). The average molecular weight is 433 g/mol. The Morgan fingerprint density at radius 2 is 1.76 bits per heavy atom. The molecule has 0 radical (unpaired) electrons. The average Bonchev–Trinajstić information content (AvgIpc) is 2.48. The standard InChI is InChI=1S/C16H13Br2ClO2/c1-9-10(3-2-4-13(9)19)16(18)11-7-14-15(8-12(11)17)21-6-5-20-14/h2-4,7-8,16H,5-6H2,1H3. The molecule has 110 valence electrons. The van der Waals surface area contributed by atoms with Crippen molar-refractivity contribution in [2.45, 2.75) is 11.8 Å². The normalized spacial score (nSPS) is 14.9. The van der Waals surface area contributed by atoms with E-state index in [9.17, 15) is 0 Å². The molecule has 1 aliphatic heterocycles. The minimum absolute atomic E-state index is 0.0291. The summed E-state index contributed by atoms with van der Waals surface area (Å²) in [4.78, 5) is 0.0291. The maximum absolute atomic E-state index is 6.22. The molecule has 1 atom stereocenters. The Balaban J connectivity index is 2.05. The highest BCUT2D eigenvalue weighted by atomic mass is 79.9. The second kappa shape index (κ2) is 6.19. The topological polar surface area (TPSA) is 18.5 Å². The van der Waals surface area contributed by atoms with Gasteiger partial charge in [-0.25, -0.2) is 0 Å². The van der Waals surface area contributed by atoms with E-state index in [1.165, 1.54) is 0 Å². The molecule has 0 amide bonds. The molecule has 1 aliphatic rings. The van der Waals surface area contributed by atoms with Crippen LogP contribution >= 0.6 is 43.5 Å². The van der Waals surface area contributed by atoms with Crippen molar-refractivity contribution in [1.82, 2.24) is 0 Å². The number of hydrogen-bond donors (Lipinski definition) is 0. The largest absolute Gasteiger partial charge is 0.486 e. The predicted molar refractivity (Wildman–Crippen MR) is 92.1 cm³/mol. The number of ether oxygens (including phenoxy) is 2. The summed E-state index contributed by atoms with van der Waals surface area (Å²) >= 11 is 13.6. The molecule has 21 heavy (non-hydrogen) atoms. The first-order valence-corrected chi connectivity index (χ1v) is 8.64. The van der Waals surface area contributed by atoms with Gasteiger partial charge in [-0.15, -0.1) is 0 Å². The quantitative estimate of drug-likeness (QED) is 0.570. The van der Waals surface area contributed by atoms with Crippen LogP contribution in [0.3, 0.4) is 0 Å². The molecule has 0 saturated carbocycles. The van der Waals surface area contributed by atoms with Crippen molar-refractivity contribution in [3.8, 4) is 11.5 Å². The highest BCUT2D eigenvalue weighted by Crippen LogP contribution is 2.43. The van der Waals surface area contributed by atoms with Gasteiger partial charge in [0, 0.05) is 9.50 Å². The first-order valence-electron chi connectivity index (χ1n) is 6.56. The number of alkyl halides is 1. The lowest BCUT2D eigenvalue weighted by atomic mass is 10.00. The molecule has 0 fully saturated rings. The summed E-state index contributed by atoms with van der Waals surface area (Å²) in [5.41, 5.74) is 3.30. The van der Waals surface area contributed by atoms with Crippen molar-refractivity contribution in [3.05, 3.63) is 56.5 Å². The Labute approximate surface area is 145 Å². The molecule has 0 N–H and O–H groups in total. The zero-order valence-electron chi connectivity index (χ0n) is 11.3. The number of halogens is 3. The summed E-state index contributed by atoms with van der Waals surface area (Å²) in [5, 5.41) is 0.769. The molecule has 0 spiro atoms. The van der Waals surface area contributed by atoms with E-state index >= 15 is 0 Å². The van der Waals surface area contributed by atoms with Crippen LogP contribution in [0.15, 0.2) is 34.8 Å². The summed E-state index contributed by atoms with van der Waals surface area (Å²) in [7, 11) is 0. The molecule has 1 heterocycles. The van der Waals surface area contributed by atoms with Gasteiger partial charge >= 0.3 is 0 Å². The minimum Gasteiger partial charge on any atom is -0.486 e. The van der Waals surface area contributed by atoms with E-state index in [2.05, 4.69) is 37.9 Å². The van der Waals surface area contributed by atoms with Gasteiger partial charge in [-0.05, 0) is 41.8 Å². The number of hydrogen-bond acceptors (Lipinski definition) is 2. The van der Waals surface area contributed by atoms with Crippen LogP contribution in [-0.2, 0) is 0 Å². The van der Waals surface area contributed by atoms with Crippen LogP contribution in [0.2, 0.25) is 5.02 Å². The summed E-state index contributed by atoms with van der Waals surface area (Å²) in [6.45, 7) is 3.19. The van der Waals surface area contributed by atoms with E-state index in [-0.39, 0.29) is 4.83 Å². The molecule has 2 nitrogen and oxygen atoms in total. The summed E-state index contributed by atoms with van der Waals surface area (Å²) in [6, 6.07) is 9.91. The fourth-order valence-electron chi connectivity index (χ4n) is 2.34. The molecule has 5 heteroatoms. The molecular formula is C16H13Br2ClO2. The third-order valence-electron chi connectivity index (χ3n) is 3.52. The molecule has 0 aliphatic carbocycles. The molecule has 2 aromatic carbocycles. The Hall–Kier alpha value is -0.710. The molecule has 0 aromatic heterocycles. The van der Waals surface area contributed by atoms with Crippen LogP contribution in [0.1, 0.15) is 21.5 Å². The third-order valence-corrected chi connectivity index (χ3v) is 5.60. The highest BCUT2D eigenvalue weighted by Gasteiger charge is 2.21. The van der Waals surface area contributed by atoms with Gasteiger partial charge in [-0.1, -0.05) is 55.6 Å². The van der Waals surface area contributed by atoms with Gasteiger partial charge in [0.05, 0.1) is 4.83 Å². The fraction of sp³-hybridized carbons (Fsp3) is 0.250. The van der Waals surface area contributed by atoms with Crippen LogP contribution < -0.4 is 9.47 Å². The maximum atomic E-state index is 6.22. The van der Waals surface area contributed by atoms with Gasteiger partial charge in [-0.2, -0.15) is 0 Å². The van der Waals surface area contributed by atoms with Crippen LogP contribution in [0, 0.1) is 6.92 Å². The Morgan fingerprint density at radius 3 is 2.48 bits per heavy atom. The third kappa shape index (κ3) is 2.94. The molecule has 0 saturated heterocycles. The molecule has 0 bridgehead atoms. The maximum Gasteiger partial charge on any atom is 0.162 e. The van der Waals surface area contributed by atoms with Gasteiger partial charge in [0.2, 0.25) is 0 Å². The molecular weight excluding hydrogens is 419 g/mol. The monoisotopic (exact) mass is 430 g/mol. The van der Waals surface area contributed by atoms with Gasteiger partial charge in [-0.3, -0.25) is 0 Å². The van der Waals surface area contributed by atoms with Crippen LogP contribution in [0.5, 0.6) is 11.5 Å². The highest BCUT2D eigenvalue weighted by molar-refractivity contribution is 9.11. The zero-order chi connectivity index (χ0) is 15.0. The predicted octanol–water partition coefficient (Wildman–Crippen LogP) is 5.67. The smallest absolute Gasteiger partial charge is 0.162 e. The van der Waals surface area contributed by atoms with Crippen LogP contribution in [0.25, 0.3) is 0 Å². The van der Waals surface area contributed by atoms with E-state index in [0.29, 0.717) is 13.2 Å². The number of rotatable bonds is 2. The van der Waals surface area contributed by atoms with Crippen molar-refractivity contribution in [2.24, 2.45) is 0 Å². The van der Waals surface area contributed by atoms with Crippen molar-refractivity contribution in [3.63, 3.8) is 0 Å². The SMILES string of the molecule is Cc1c(Cl)cccc1C(Br)c1cc2c(cc1Br)OCCO2. The van der Waals surface area contributed by atoms with E-state index < -0.39 is 0 Å².